The summed E-state index contributed by atoms with van der Waals surface area (Å²) in [5.74, 6) is 0.382. The van der Waals surface area contributed by atoms with Gasteiger partial charge in [-0.3, -0.25) is 4.79 Å². The summed E-state index contributed by atoms with van der Waals surface area (Å²) in [5.41, 5.74) is 2.97. The number of thiazole rings is 1. The van der Waals surface area contributed by atoms with Crippen molar-refractivity contribution in [2.75, 3.05) is 0 Å². The first kappa shape index (κ1) is 21.2. The molecule has 0 fully saturated rings. The number of aromatic nitrogens is 5. The van der Waals surface area contributed by atoms with Gasteiger partial charge in [-0.25, -0.2) is 4.68 Å². The van der Waals surface area contributed by atoms with Gasteiger partial charge in [0.25, 0.3) is 5.56 Å². The zero-order valence-corrected chi connectivity index (χ0v) is 20.4. The summed E-state index contributed by atoms with van der Waals surface area (Å²) in [6.07, 6.45) is 3.78. The van der Waals surface area contributed by atoms with Crippen LogP contribution >= 0.6 is 45.9 Å². The number of halogens is 2. The highest BCUT2D eigenvalue weighted by Gasteiger charge is 2.16. The Kier molecular flexibility index (Phi) is 5.30. The van der Waals surface area contributed by atoms with Crippen LogP contribution in [-0.4, -0.2) is 24.4 Å². The molecule has 4 aromatic heterocycles. The molecule has 0 aliphatic heterocycles. The van der Waals surface area contributed by atoms with Crippen LogP contribution in [0.15, 0.2) is 77.0 Å². The van der Waals surface area contributed by atoms with Gasteiger partial charge in [0, 0.05) is 22.3 Å². The third kappa shape index (κ3) is 3.74. The van der Waals surface area contributed by atoms with Crippen LogP contribution in [0, 0.1) is 0 Å². The lowest BCUT2D eigenvalue weighted by Gasteiger charge is -1.99. The fourth-order valence-corrected chi connectivity index (χ4v) is 5.69. The molecule has 0 saturated carbocycles. The van der Waals surface area contributed by atoms with Gasteiger partial charge in [-0.05, 0) is 47.9 Å². The fourth-order valence-electron chi connectivity index (χ4n) is 3.57. The molecule has 0 unspecified atom stereocenters. The van der Waals surface area contributed by atoms with Crippen LogP contribution < -0.4 is 10.1 Å². The molecule has 166 valence electrons. The van der Waals surface area contributed by atoms with Crippen molar-refractivity contribution in [1.29, 1.82) is 0 Å². The Balaban J connectivity index is 1.48. The molecule has 2 aromatic carbocycles. The van der Waals surface area contributed by atoms with E-state index in [1.807, 2.05) is 64.8 Å². The molecule has 0 aliphatic rings. The molecule has 0 N–H and O–H groups in total. The highest BCUT2D eigenvalue weighted by Crippen LogP contribution is 2.30. The maximum Gasteiger partial charge on any atom is 0.291 e. The molecule has 0 aliphatic carbocycles. The minimum Gasteiger partial charge on any atom is -0.266 e. The van der Waals surface area contributed by atoms with Crippen LogP contribution in [0.1, 0.15) is 5.56 Å². The van der Waals surface area contributed by atoms with Gasteiger partial charge in [0.2, 0.25) is 4.96 Å². The van der Waals surface area contributed by atoms with E-state index < -0.39 is 0 Å². The smallest absolute Gasteiger partial charge is 0.266 e. The third-order valence-corrected chi connectivity index (χ3v) is 7.54. The van der Waals surface area contributed by atoms with Crippen molar-refractivity contribution in [3.05, 3.63) is 103 Å². The van der Waals surface area contributed by atoms with E-state index in [2.05, 4.69) is 10.1 Å². The van der Waals surface area contributed by atoms with Gasteiger partial charge in [0.1, 0.15) is 5.69 Å². The zero-order chi connectivity index (χ0) is 23.2. The lowest BCUT2D eigenvalue weighted by Crippen LogP contribution is -2.23. The van der Waals surface area contributed by atoms with Crippen LogP contribution in [0.2, 0.25) is 10.0 Å². The minimum atomic E-state index is -0.242. The number of benzene rings is 2. The molecule has 6 rings (SSSR count). The van der Waals surface area contributed by atoms with E-state index >= 15 is 0 Å². The summed E-state index contributed by atoms with van der Waals surface area (Å²) in [7, 11) is 0. The summed E-state index contributed by atoms with van der Waals surface area (Å²) >= 11 is 15.2. The van der Waals surface area contributed by atoms with E-state index in [0.717, 1.165) is 21.8 Å². The predicted molar refractivity (Wildman–Crippen MR) is 138 cm³/mol. The summed E-state index contributed by atoms with van der Waals surface area (Å²) < 4.78 is 3.65. The van der Waals surface area contributed by atoms with Crippen molar-refractivity contribution < 1.29 is 0 Å². The quantitative estimate of drug-likeness (QED) is 0.303. The molecule has 0 saturated heterocycles. The molecule has 4 heterocycles. The van der Waals surface area contributed by atoms with Crippen molar-refractivity contribution >= 4 is 56.9 Å². The van der Waals surface area contributed by atoms with Gasteiger partial charge in [0.05, 0.1) is 20.1 Å². The summed E-state index contributed by atoms with van der Waals surface area (Å²) in [5, 5.41) is 12.2. The number of fused-ring (bicyclic) bond motifs is 1. The summed E-state index contributed by atoms with van der Waals surface area (Å²) in [6.45, 7) is 0. The number of para-hydroxylation sites is 1. The third-order valence-electron chi connectivity index (χ3n) is 5.16. The second kappa shape index (κ2) is 8.48. The standard InChI is InChI=1S/C24H13Cl2N5OS2/c25-15-8-9-17(18(26)12-15)22-27-24-31(29-22)23(32)20(34-24)11-14-13-30(16-5-2-1-3-6-16)28-21(14)19-7-4-10-33-19/h1-13H/b20-11-. The highest BCUT2D eigenvalue weighted by atomic mass is 35.5. The van der Waals surface area contributed by atoms with Crippen LogP contribution in [0.25, 0.3) is 38.7 Å². The Bertz CT molecular complexity index is 1750. The number of thiophene rings is 1. The molecule has 10 heteroatoms. The van der Waals surface area contributed by atoms with Gasteiger partial charge in [0.15, 0.2) is 5.82 Å². The Labute approximate surface area is 211 Å². The van der Waals surface area contributed by atoms with E-state index in [4.69, 9.17) is 28.3 Å². The predicted octanol–water partition coefficient (Wildman–Crippen LogP) is 5.59. The Morgan fingerprint density at radius 3 is 2.56 bits per heavy atom. The molecule has 0 bridgehead atoms. The normalized spacial score (nSPS) is 12.1. The molecule has 0 atom stereocenters. The van der Waals surface area contributed by atoms with Crippen molar-refractivity contribution in [2.24, 2.45) is 0 Å². The number of nitrogens with zero attached hydrogens (tertiary/aromatic N) is 5. The second-order valence-corrected chi connectivity index (χ2v) is 10.2. The van der Waals surface area contributed by atoms with E-state index in [0.29, 0.717) is 30.9 Å². The first-order chi connectivity index (χ1) is 16.6. The topological polar surface area (TPSA) is 65.1 Å². The van der Waals surface area contributed by atoms with Crippen LogP contribution in [0.3, 0.4) is 0 Å². The first-order valence-corrected chi connectivity index (χ1v) is 12.6. The van der Waals surface area contributed by atoms with Gasteiger partial charge in [-0.15, -0.1) is 16.4 Å². The molecule has 0 spiro atoms. The molecule has 0 amide bonds. The SMILES string of the molecule is O=c1/c(=C/c2cn(-c3ccccc3)nc2-c2cccs2)sc2nc(-c3ccc(Cl)cc3Cl)nn12. The van der Waals surface area contributed by atoms with Crippen LogP contribution in [0.5, 0.6) is 0 Å². The average molecular weight is 522 g/mol. The van der Waals surface area contributed by atoms with Crippen molar-refractivity contribution in [3.63, 3.8) is 0 Å². The molecule has 6 nitrogen and oxygen atoms in total. The largest absolute Gasteiger partial charge is 0.291 e. The van der Waals surface area contributed by atoms with E-state index in [1.54, 1.807) is 29.5 Å². The number of hydrogen-bond acceptors (Lipinski definition) is 6. The Morgan fingerprint density at radius 1 is 0.971 bits per heavy atom. The molecular formula is C24H13Cl2N5OS2. The van der Waals surface area contributed by atoms with Gasteiger partial charge in [-0.1, -0.05) is 58.8 Å². The first-order valence-electron chi connectivity index (χ1n) is 10.1. The fraction of sp³-hybridized carbons (Fsp3) is 0. The number of hydrogen-bond donors (Lipinski definition) is 0. The van der Waals surface area contributed by atoms with Crippen molar-refractivity contribution in [2.45, 2.75) is 0 Å². The average Bonchev–Trinajstić information content (AvgIpc) is 3.61. The zero-order valence-electron chi connectivity index (χ0n) is 17.2. The van der Waals surface area contributed by atoms with E-state index in [-0.39, 0.29) is 5.56 Å². The Hall–Kier alpha value is -3.30. The van der Waals surface area contributed by atoms with Crippen molar-refractivity contribution in [1.82, 2.24) is 24.4 Å². The second-order valence-electron chi connectivity index (χ2n) is 7.36. The minimum absolute atomic E-state index is 0.242. The molecule has 0 radical (unpaired) electrons. The highest BCUT2D eigenvalue weighted by molar-refractivity contribution is 7.15. The van der Waals surface area contributed by atoms with Gasteiger partial charge in [-0.2, -0.15) is 14.6 Å². The lowest BCUT2D eigenvalue weighted by molar-refractivity contribution is 0.885. The molecular weight excluding hydrogens is 509 g/mol. The van der Waals surface area contributed by atoms with Crippen LogP contribution in [0.4, 0.5) is 0 Å². The molecule has 6 aromatic rings. The number of rotatable bonds is 4. The van der Waals surface area contributed by atoms with Crippen molar-refractivity contribution in [3.8, 4) is 27.6 Å². The van der Waals surface area contributed by atoms with Gasteiger partial charge < -0.3 is 0 Å². The maximum atomic E-state index is 13.2. The summed E-state index contributed by atoms with van der Waals surface area (Å²) in [6, 6.07) is 18.9. The van der Waals surface area contributed by atoms with E-state index in [9.17, 15) is 4.79 Å². The van der Waals surface area contributed by atoms with E-state index in [1.165, 1.54) is 15.9 Å². The van der Waals surface area contributed by atoms with Crippen LogP contribution in [-0.2, 0) is 0 Å². The Morgan fingerprint density at radius 2 is 1.82 bits per heavy atom. The molecule has 34 heavy (non-hydrogen) atoms. The maximum absolute atomic E-state index is 13.2. The van der Waals surface area contributed by atoms with Gasteiger partial charge >= 0.3 is 0 Å². The summed E-state index contributed by atoms with van der Waals surface area (Å²) in [4.78, 5) is 19.2. The monoisotopic (exact) mass is 521 g/mol. The lowest BCUT2D eigenvalue weighted by atomic mass is 10.2.